The van der Waals surface area contributed by atoms with Gasteiger partial charge in [-0.2, -0.15) is 0 Å². The number of hydrogen-bond acceptors (Lipinski definition) is 3. The maximum Gasteiger partial charge on any atom is 0.305 e. The van der Waals surface area contributed by atoms with Crippen molar-refractivity contribution >= 4 is 21.7 Å². The largest absolute Gasteiger partial charge is 0.481 e. The maximum atomic E-state index is 12.5. The van der Waals surface area contributed by atoms with E-state index in [-0.39, 0.29) is 17.9 Å². The molecular formula is C13H14N2O4S. The second-order valence-corrected chi connectivity index (χ2v) is 5.97. The van der Waals surface area contributed by atoms with Crippen LogP contribution in [0, 0.1) is 0 Å². The molecule has 2 N–H and O–H groups in total. The zero-order valence-electron chi connectivity index (χ0n) is 10.6. The van der Waals surface area contributed by atoms with Crippen molar-refractivity contribution in [1.29, 1.82) is 0 Å². The molecule has 0 aliphatic heterocycles. The molecule has 0 spiro atoms. The molecule has 106 valence electrons. The predicted octanol–water partition coefficient (Wildman–Crippen LogP) is 1.68. The van der Waals surface area contributed by atoms with Gasteiger partial charge in [0.05, 0.1) is 12.1 Å². The summed E-state index contributed by atoms with van der Waals surface area (Å²) in [5.41, 5.74) is 0.440. The molecule has 0 saturated heterocycles. The van der Waals surface area contributed by atoms with E-state index < -0.39 is 16.0 Å². The standard InChI is InChI=1S/C13H14N2O4S/c16-13(17)7-9-15(11-4-2-1-3-5-11)20(18,19)12-6-8-14-10-12/h1-6,8,10,14H,7,9H2,(H,16,17). The summed E-state index contributed by atoms with van der Waals surface area (Å²) in [6.45, 7) is -0.118. The second kappa shape index (κ2) is 5.79. The summed E-state index contributed by atoms with van der Waals surface area (Å²) in [5, 5.41) is 8.78. The van der Waals surface area contributed by atoms with E-state index >= 15 is 0 Å². The molecular weight excluding hydrogens is 280 g/mol. The van der Waals surface area contributed by atoms with Gasteiger partial charge in [0.1, 0.15) is 4.90 Å². The first-order chi connectivity index (χ1) is 9.51. The smallest absolute Gasteiger partial charge is 0.305 e. The third-order valence-electron chi connectivity index (χ3n) is 2.73. The van der Waals surface area contributed by atoms with Crippen molar-refractivity contribution in [1.82, 2.24) is 4.98 Å². The van der Waals surface area contributed by atoms with Crippen LogP contribution < -0.4 is 4.31 Å². The summed E-state index contributed by atoms with van der Waals surface area (Å²) in [5.74, 6) is -1.05. The summed E-state index contributed by atoms with van der Waals surface area (Å²) in [6, 6.07) is 9.87. The number of H-pyrrole nitrogens is 1. The highest BCUT2D eigenvalue weighted by Crippen LogP contribution is 2.23. The lowest BCUT2D eigenvalue weighted by Crippen LogP contribution is -2.32. The average molecular weight is 294 g/mol. The molecule has 1 heterocycles. The molecule has 0 amide bonds. The van der Waals surface area contributed by atoms with Crippen LogP contribution in [0.3, 0.4) is 0 Å². The SMILES string of the molecule is O=C(O)CCN(c1ccccc1)S(=O)(=O)c1cc[nH]c1. The molecule has 0 aliphatic rings. The lowest BCUT2D eigenvalue weighted by atomic mass is 10.3. The zero-order chi connectivity index (χ0) is 14.6. The number of nitrogens with zero attached hydrogens (tertiary/aromatic N) is 1. The fraction of sp³-hybridized carbons (Fsp3) is 0.154. The number of anilines is 1. The van der Waals surface area contributed by atoms with E-state index in [9.17, 15) is 13.2 Å². The molecule has 0 saturated carbocycles. The zero-order valence-corrected chi connectivity index (χ0v) is 11.4. The fourth-order valence-electron chi connectivity index (χ4n) is 1.78. The number of sulfonamides is 1. The van der Waals surface area contributed by atoms with Crippen LogP contribution in [0.2, 0.25) is 0 Å². The van der Waals surface area contributed by atoms with Gasteiger partial charge in [-0.05, 0) is 18.2 Å². The third-order valence-corrected chi connectivity index (χ3v) is 4.55. The Morgan fingerprint density at radius 3 is 2.45 bits per heavy atom. The Morgan fingerprint density at radius 2 is 1.90 bits per heavy atom. The highest BCUT2D eigenvalue weighted by Gasteiger charge is 2.25. The first-order valence-corrected chi connectivity index (χ1v) is 7.38. The number of hydrogen-bond donors (Lipinski definition) is 2. The van der Waals surface area contributed by atoms with E-state index in [2.05, 4.69) is 4.98 Å². The van der Waals surface area contributed by atoms with Crippen LogP contribution in [0.4, 0.5) is 5.69 Å². The van der Waals surface area contributed by atoms with Crippen LogP contribution in [-0.4, -0.2) is 31.0 Å². The normalized spacial score (nSPS) is 11.2. The molecule has 0 aliphatic carbocycles. The molecule has 7 heteroatoms. The minimum absolute atomic E-state index is 0.103. The van der Waals surface area contributed by atoms with Crippen molar-refractivity contribution in [3.8, 4) is 0 Å². The van der Waals surface area contributed by atoms with E-state index in [1.165, 1.54) is 18.5 Å². The molecule has 0 atom stereocenters. The molecule has 0 radical (unpaired) electrons. The summed E-state index contributed by atoms with van der Waals surface area (Å²) in [4.78, 5) is 13.5. The number of carboxylic acid groups (broad SMARTS) is 1. The van der Waals surface area contributed by atoms with Crippen LogP contribution in [0.25, 0.3) is 0 Å². The molecule has 0 bridgehead atoms. The van der Waals surface area contributed by atoms with E-state index in [0.717, 1.165) is 4.31 Å². The van der Waals surface area contributed by atoms with Crippen molar-refractivity contribution in [2.45, 2.75) is 11.3 Å². The van der Waals surface area contributed by atoms with Gasteiger partial charge in [0.15, 0.2) is 0 Å². The summed E-state index contributed by atoms with van der Waals surface area (Å²) >= 11 is 0. The number of rotatable bonds is 6. The number of aromatic nitrogens is 1. The van der Waals surface area contributed by atoms with Gasteiger partial charge in [0.2, 0.25) is 0 Å². The van der Waals surface area contributed by atoms with Gasteiger partial charge in [-0.15, -0.1) is 0 Å². The lowest BCUT2D eigenvalue weighted by Gasteiger charge is -2.23. The Kier molecular flexibility index (Phi) is 4.09. The number of aliphatic carboxylic acids is 1. The van der Waals surface area contributed by atoms with E-state index in [4.69, 9.17) is 5.11 Å². The topological polar surface area (TPSA) is 90.5 Å². The van der Waals surface area contributed by atoms with Gasteiger partial charge in [-0.1, -0.05) is 18.2 Å². The van der Waals surface area contributed by atoms with Gasteiger partial charge < -0.3 is 10.1 Å². The Hall–Kier alpha value is -2.28. The van der Waals surface area contributed by atoms with Crippen LogP contribution in [0.1, 0.15) is 6.42 Å². The molecule has 0 unspecified atom stereocenters. The molecule has 20 heavy (non-hydrogen) atoms. The number of benzene rings is 1. The highest BCUT2D eigenvalue weighted by molar-refractivity contribution is 7.92. The average Bonchev–Trinajstić information content (AvgIpc) is 2.94. The van der Waals surface area contributed by atoms with Crippen molar-refractivity contribution < 1.29 is 18.3 Å². The highest BCUT2D eigenvalue weighted by atomic mass is 32.2. The Morgan fingerprint density at radius 1 is 1.20 bits per heavy atom. The van der Waals surface area contributed by atoms with Gasteiger partial charge in [-0.3, -0.25) is 9.10 Å². The first-order valence-electron chi connectivity index (χ1n) is 5.94. The minimum atomic E-state index is -3.77. The fourth-order valence-corrected chi connectivity index (χ4v) is 3.22. The summed E-state index contributed by atoms with van der Waals surface area (Å²) in [6.07, 6.45) is 2.61. The van der Waals surface area contributed by atoms with Crippen LogP contribution in [-0.2, 0) is 14.8 Å². The first kappa shape index (κ1) is 14.1. The number of nitrogens with one attached hydrogen (secondary N) is 1. The Bertz CT molecular complexity index is 666. The van der Waals surface area contributed by atoms with Gasteiger partial charge in [0, 0.05) is 18.9 Å². The molecule has 6 nitrogen and oxygen atoms in total. The number of carboxylic acids is 1. The number of aromatic amines is 1. The van der Waals surface area contributed by atoms with Crippen LogP contribution in [0.5, 0.6) is 0 Å². The minimum Gasteiger partial charge on any atom is -0.481 e. The molecule has 0 fully saturated rings. The third kappa shape index (κ3) is 3.00. The Labute approximate surface area is 116 Å². The van der Waals surface area contributed by atoms with Gasteiger partial charge in [0.25, 0.3) is 10.0 Å². The monoisotopic (exact) mass is 294 g/mol. The van der Waals surface area contributed by atoms with E-state index in [0.29, 0.717) is 5.69 Å². The van der Waals surface area contributed by atoms with Gasteiger partial charge in [-0.25, -0.2) is 8.42 Å². The van der Waals surface area contributed by atoms with Crippen LogP contribution in [0.15, 0.2) is 53.7 Å². The number of carbonyl (C=O) groups is 1. The summed E-state index contributed by atoms with van der Waals surface area (Å²) in [7, 11) is -3.77. The quantitative estimate of drug-likeness (QED) is 0.848. The van der Waals surface area contributed by atoms with Crippen molar-refractivity contribution in [3.05, 3.63) is 48.8 Å². The van der Waals surface area contributed by atoms with E-state index in [1.54, 1.807) is 30.3 Å². The van der Waals surface area contributed by atoms with Crippen molar-refractivity contribution in [2.24, 2.45) is 0 Å². The second-order valence-electron chi connectivity index (χ2n) is 4.10. The maximum absolute atomic E-state index is 12.5. The predicted molar refractivity (Wildman–Crippen MR) is 74.0 cm³/mol. The molecule has 1 aromatic carbocycles. The Balaban J connectivity index is 2.39. The number of para-hydroxylation sites is 1. The molecule has 1 aromatic heterocycles. The molecule has 2 rings (SSSR count). The van der Waals surface area contributed by atoms with E-state index in [1.807, 2.05) is 0 Å². The van der Waals surface area contributed by atoms with Crippen LogP contribution >= 0.6 is 0 Å². The van der Waals surface area contributed by atoms with Crippen molar-refractivity contribution in [3.63, 3.8) is 0 Å². The lowest BCUT2D eigenvalue weighted by molar-refractivity contribution is -0.136. The van der Waals surface area contributed by atoms with Gasteiger partial charge >= 0.3 is 5.97 Å². The summed E-state index contributed by atoms with van der Waals surface area (Å²) < 4.78 is 26.1. The van der Waals surface area contributed by atoms with Crippen molar-refractivity contribution in [2.75, 3.05) is 10.8 Å². The molecule has 2 aromatic rings.